The van der Waals surface area contributed by atoms with E-state index >= 15 is 0 Å². The minimum atomic E-state index is -0.233. The van der Waals surface area contributed by atoms with Gasteiger partial charge in [0.15, 0.2) is 0 Å². The third kappa shape index (κ3) is 3.73. The zero-order valence-electron chi connectivity index (χ0n) is 18.7. The van der Waals surface area contributed by atoms with Crippen LogP contribution < -0.4 is 10.1 Å². The maximum Gasteiger partial charge on any atom is 0.239 e. The van der Waals surface area contributed by atoms with Crippen molar-refractivity contribution in [2.24, 2.45) is 17.8 Å². The summed E-state index contributed by atoms with van der Waals surface area (Å²) in [7, 11) is 1.63. The van der Waals surface area contributed by atoms with E-state index in [0.717, 1.165) is 40.0 Å². The van der Waals surface area contributed by atoms with Gasteiger partial charge in [0.2, 0.25) is 11.8 Å². The molecular weight excluding hydrogens is 452 g/mol. The molecule has 5 nitrogen and oxygen atoms in total. The fourth-order valence-electron chi connectivity index (χ4n) is 7.29. The van der Waals surface area contributed by atoms with Gasteiger partial charge >= 0.3 is 0 Å². The average Bonchev–Trinajstić information content (AvgIpc) is 3.09. The molecule has 4 aliphatic carbocycles. The molecule has 1 aliphatic heterocycles. The van der Waals surface area contributed by atoms with Crippen LogP contribution >= 0.6 is 24.0 Å². The van der Waals surface area contributed by atoms with Gasteiger partial charge in [-0.3, -0.25) is 4.79 Å². The number of amides is 1. The van der Waals surface area contributed by atoms with Crippen LogP contribution in [0, 0.1) is 17.8 Å². The van der Waals surface area contributed by atoms with Crippen LogP contribution in [0.15, 0.2) is 30.5 Å². The first-order valence-corrected chi connectivity index (χ1v) is 13.1. The predicted molar refractivity (Wildman–Crippen MR) is 134 cm³/mol. The number of pyridine rings is 1. The quantitative estimate of drug-likeness (QED) is 0.588. The SMILES string of the molecule is COc1ncc(CC2SC(=S)NC2=O)cc1-c1ccc(O)c(C23CC4CC(CC(C4)C2)C3)c1. The Morgan fingerprint density at radius 2 is 1.88 bits per heavy atom. The minimum absolute atomic E-state index is 0.0453. The van der Waals surface area contributed by atoms with Crippen LogP contribution in [0.2, 0.25) is 0 Å². The molecule has 0 spiro atoms. The molecule has 33 heavy (non-hydrogen) atoms. The van der Waals surface area contributed by atoms with Gasteiger partial charge in [0, 0.05) is 17.3 Å². The molecule has 1 unspecified atom stereocenters. The zero-order valence-corrected chi connectivity index (χ0v) is 20.3. The Balaban J connectivity index is 1.37. The second-order valence-electron chi connectivity index (χ2n) is 10.4. The molecule has 5 fully saturated rings. The molecule has 7 rings (SSSR count). The number of carbonyl (C=O) groups excluding carboxylic acids is 1. The number of phenols is 1. The molecule has 1 aromatic heterocycles. The van der Waals surface area contributed by atoms with Crippen molar-refractivity contribution in [3.05, 3.63) is 41.6 Å². The number of phenolic OH excluding ortho intramolecular Hbond substituents is 1. The third-order valence-corrected chi connectivity index (χ3v) is 9.58. The summed E-state index contributed by atoms with van der Waals surface area (Å²) in [6, 6.07) is 8.04. The maximum absolute atomic E-state index is 12.2. The van der Waals surface area contributed by atoms with E-state index in [1.54, 1.807) is 13.3 Å². The molecule has 7 heteroatoms. The number of thioether (sulfide) groups is 1. The average molecular weight is 481 g/mol. The van der Waals surface area contributed by atoms with Crippen molar-refractivity contribution in [2.75, 3.05) is 7.11 Å². The number of hydrogen-bond donors (Lipinski definition) is 2. The van der Waals surface area contributed by atoms with E-state index in [4.69, 9.17) is 17.0 Å². The Labute approximate surface area is 203 Å². The van der Waals surface area contributed by atoms with Crippen molar-refractivity contribution >= 4 is 34.2 Å². The molecule has 1 atom stereocenters. The Hall–Kier alpha value is -2.12. The van der Waals surface area contributed by atoms with E-state index in [1.807, 2.05) is 12.1 Å². The lowest BCUT2D eigenvalue weighted by Crippen LogP contribution is -2.48. The Kier molecular flexibility index (Phi) is 5.18. The molecule has 4 bridgehead atoms. The summed E-state index contributed by atoms with van der Waals surface area (Å²) in [5.74, 6) is 3.34. The summed E-state index contributed by atoms with van der Waals surface area (Å²) in [6.07, 6.45) is 10.0. The lowest BCUT2D eigenvalue weighted by Gasteiger charge is -2.57. The number of hydrogen-bond acceptors (Lipinski definition) is 6. The largest absolute Gasteiger partial charge is 0.508 e. The van der Waals surface area contributed by atoms with E-state index in [-0.39, 0.29) is 16.6 Å². The standard InChI is InChI=1S/C26H28N2O3S2/c1-31-24-19(7-17(13-27-24)8-22-23(30)28-25(32)33-22)18-2-3-21(29)20(9-18)26-10-14-4-15(11-26)6-16(5-14)12-26/h2-3,7,9,13-16,22,29H,4-6,8,10-12H2,1H3,(H,28,30,32). The Morgan fingerprint density at radius 3 is 2.48 bits per heavy atom. The molecule has 0 radical (unpaired) electrons. The summed E-state index contributed by atoms with van der Waals surface area (Å²) in [6.45, 7) is 0. The molecule has 2 heterocycles. The van der Waals surface area contributed by atoms with Crippen molar-refractivity contribution < 1.29 is 14.6 Å². The molecule has 172 valence electrons. The van der Waals surface area contributed by atoms with Gasteiger partial charge in [-0.1, -0.05) is 30.0 Å². The number of aromatic hydroxyl groups is 1. The van der Waals surface area contributed by atoms with Crippen molar-refractivity contribution in [3.8, 4) is 22.8 Å². The minimum Gasteiger partial charge on any atom is -0.508 e. The van der Waals surface area contributed by atoms with Gasteiger partial charge in [0.1, 0.15) is 10.1 Å². The maximum atomic E-state index is 12.2. The molecule has 4 saturated carbocycles. The van der Waals surface area contributed by atoms with Gasteiger partial charge in [-0.2, -0.15) is 0 Å². The summed E-state index contributed by atoms with van der Waals surface area (Å²) >= 11 is 6.53. The predicted octanol–water partition coefficient (Wildman–Crippen LogP) is 4.99. The second-order valence-corrected chi connectivity index (χ2v) is 12.3. The Morgan fingerprint density at radius 1 is 1.18 bits per heavy atom. The Bertz CT molecular complexity index is 1110. The highest BCUT2D eigenvalue weighted by Crippen LogP contribution is 2.62. The first-order chi connectivity index (χ1) is 15.9. The number of aromatic nitrogens is 1. The number of thiocarbonyl (C=S) groups is 1. The van der Waals surface area contributed by atoms with E-state index in [9.17, 15) is 9.90 Å². The lowest BCUT2D eigenvalue weighted by molar-refractivity contribution is -0.118. The molecule has 1 aromatic carbocycles. The second kappa shape index (κ2) is 7.98. The van der Waals surface area contributed by atoms with Gasteiger partial charge in [0.05, 0.1) is 12.4 Å². The van der Waals surface area contributed by atoms with Crippen LogP contribution in [0.5, 0.6) is 11.6 Å². The smallest absolute Gasteiger partial charge is 0.239 e. The summed E-state index contributed by atoms with van der Waals surface area (Å²) < 4.78 is 6.14. The van der Waals surface area contributed by atoms with Gasteiger partial charge in [-0.05, 0) is 97.4 Å². The number of rotatable bonds is 5. The number of nitrogens with one attached hydrogen (secondary N) is 1. The van der Waals surface area contributed by atoms with E-state index in [1.165, 1.54) is 50.3 Å². The first kappa shape index (κ1) is 21.4. The topological polar surface area (TPSA) is 71.5 Å². The molecule has 5 aliphatic rings. The van der Waals surface area contributed by atoms with E-state index < -0.39 is 0 Å². The summed E-state index contributed by atoms with van der Waals surface area (Å²) in [5, 5.41) is 13.4. The van der Waals surface area contributed by atoms with Crippen LogP contribution in [0.25, 0.3) is 11.1 Å². The van der Waals surface area contributed by atoms with Crippen LogP contribution in [0.4, 0.5) is 0 Å². The van der Waals surface area contributed by atoms with E-state index in [0.29, 0.717) is 22.4 Å². The van der Waals surface area contributed by atoms with Crippen LogP contribution in [0.3, 0.4) is 0 Å². The molecule has 2 aromatic rings. The van der Waals surface area contributed by atoms with Crippen molar-refractivity contribution in [2.45, 2.75) is 55.6 Å². The monoisotopic (exact) mass is 480 g/mol. The molecular formula is C26H28N2O3S2. The van der Waals surface area contributed by atoms with Gasteiger partial charge in [-0.25, -0.2) is 4.98 Å². The van der Waals surface area contributed by atoms with Crippen LogP contribution in [0.1, 0.15) is 49.7 Å². The summed E-state index contributed by atoms with van der Waals surface area (Å²) in [4.78, 5) is 16.7. The fraction of sp³-hybridized carbons (Fsp3) is 0.500. The fourth-order valence-corrected chi connectivity index (χ4v) is 8.60. The van der Waals surface area contributed by atoms with Crippen LogP contribution in [-0.2, 0) is 16.6 Å². The van der Waals surface area contributed by atoms with Gasteiger partial charge in [0.25, 0.3) is 0 Å². The van der Waals surface area contributed by atoms with Crippen molar-refractivity contribution in [1.82, 2.24) is 10.3 Å². The van der Waals surface area contributed by atoms with Gasteiger partial charge in [-0.15, -0.1) is 0 Å². The van der Waals surface area contributed by atoms with Crippen molar-refractivity contribution in [1.29, 1.82) is 0 Å². The lowest BCUT2D eigenvalue weighted by atomic mass is 9.48. The number of nitrogens with zero attached hydrogens (tertiary/aromatic N) is 1. The third-order valence-electron chi connectivity index (χ3n) is 8.21. The number of ether oxygens (including phenoxy) is 1. The number of benzene rings is 1. The highest BCUT2D eigenvalue weighted by molar-refractivity contribution is 8.24. The number of carbonyl (C=O) groups is 1. The molecule has 1 saturated heterocycles. The van der Waals surface area contributed by atoms with E-state index in [2.05, 4.69) is 22.4 Å². The van der Waals surface area contributed by atoms with Gasteiger partial charge < -0.3 is 15.2 Å². The molecule has 2 N–H and O–H groups in total. The van der Waals surface area contributed by atoms with Crippen LogP contribution in [-0.4, -0.2) is 32.7 Å². The normalized spacial score (nSPS) is 32.3. The van der Waals surface area contributed by atoms with Crippen molar-refractivity contribution in [3.63, 3.8) is 0 Å². The zero-order chi connectivity index (χ0) is 22.7. The summed E-state index contributed by atoms with van der Waals surface area (Å²) in [5.41, 5.74) is 4.06. The number of methoxy groups -OCH3 is 1. The highest BCUT2D eigenvalue weighted by atomic mass is 32.2. The molecule has 1 amide bonds. The highest BCUT2D eigenvalue weighted by Gasteiger charge is 2.52. The first-order valence-electron chi connectivity index (χ1n) is 11.8.